The zero-order valence-corrected chi connectivity index (χ0v) is 21.0. The van der Waals surface area contributed by atoms with Crippen molar-refractivity contribution in [3.05, 3.63) is 69.2 Å². The van der Waals surface area contributed by atoms with Gasteiger partial charge in [-0.25, -0.2) is 0 Å². The van der Waals surface area contributed by atoms with Crippen molar-refractivity contribution >= 4 is 33.4 Å². The van der Waals surface area contributed by atoms with E-state index in [9.17, 15) is 14.7 Å². The van der Waals surface area contributed by atoms with E-state index in [4.69, 9.17) is 9.47 Å². The van der Waals surface area contributed by atoms with E-state index < -0.39 is 17.7 Å². The summed E-state index contributed by atoms with van der Waals surface area (Å²) in [5.74, 6) is -0.402. The Hall–Kier alpha value is -2.64. The molecule has 1 amide bonds. The van der Waals surface area contributed by atoms with Crippen molar-refractivity contribution in [1.29, 1.82) is 0 Å². The number of aliphatic hydroxyl groups is 1. The minimum atomic E-state index is -0.686. The van der Waals surface area contributed by atoms with Crippen LogP contribution in [-0.2, 0) is 14.3 Å². The Labute approximate surface area is 203 Å². The number of hydrogen-bond acceptors (Lipinski definition) is 5. The van der Waals surface area contributed by atoms with Gasteiger partial charge in [0, 0.05) is 30.3 Å². The molecule has 1 atom stereocenters. The van der Waals surface area contributed by atoms with Crippen LogP contribution in [0.3, 0.4) is 0 Å². The molecule has 1 N–H and O–H groups in total. The summed E-state index contributed by atoms with van der Waals surface area (Å²) in [7, 11) is 1.59. The Morgan fingerprint density at radius 1 is 1.18 bits per heavy atom. The van der Waals surface area contributed by atoms with Gasteiger partial charge in [0.15, 0.2) is 0 Å². The standard InChI is InChI=1S/C26H30BrNO5/c1-16(2)15-33-20-9-10-21(17(3)13-20)24(29)22-23(18-7-5-8-19(27)14-18)28(11-6-12-32-4)26(31)25(22)30/h5,7-10,13-14,16,23,29H,6,11-12,15H2,1-4H3/b24-22+. The summed E-state index contributed by atoms with van der Waals surface area (Å²) in [6.07, 6.45) is 0.578. The maximum atomic E-state index is 13.1. The number of rotatable bonds is 9. The van der Waals surface area contributed by atoms with E-state index in [1.165, 1.54) is 4.90 Å². The Morgan fingerprint density at radius 3 is 2.58 bits per heavy atom. The minimum Gasteiger partial charge on any atom is -0.507 e. The van der Waals surface area contributed by atoms with Crippen molar-refractivity contribution in [3.63, 3.8) is 0 Å². The number of benzene rings is 2. The molecule has 1 aliphatic heterocycles. The average Bonchev–Trinajstić information content (AvgIpc) is 3.02. The average molecular weight is 516 g/mol. The molecular weight excluding hydrogens is 486 g/mol. The number of methoxy groups -OCH3 is 1. The van der Waals surface area contributed by atoms with Crippen LogP contribution in [0.15, 0.2) is 52.5 Å². The summed E-state index contributed by atoms with van der Waals surface area (Å²) in [5, 5.41) is 11.3. The summed E-state index contributed by atoms with van der Waals surface area (Å²) >= 11 is 3.47. The lowest BCUT2D eigenvalue weighted by atomic mass is 9.94. The lowest BCUT2D eigenvalue weighted by Crippen LogP contribution is -2.31. The molecule has 1 unspecified atom stereocenters. The number of aliphatic hydroxyl groups excluding tert-OH is 1. The summed E-state index contributed by atoms with van der Waals surface area (Å²) in [6, 6.07) is 12.1. The van der Waals surface area contributed by atoms with Crippen LogP contribution in [0.2, 0.25) is 0 Å². The molecule has 3 rings (SSSR count). The number of carbonyl (C=O) groups excluding carboxylic acids is 2. The van der Waals surface area contributed by atoms with E-state index in [0.717, 1.165) is 15.6 Å². The predicted molar refractivity (Wildman–Crippen MR) is 131 cm³/mol. The first-order valence-corrected chi connectivity index (χ1v) is 11.8. The molecule has 1 heterocycles. The van der Waals surface area contributed by atoms with Gasteiger partial charge in [-0.1, -0.05) is 41.9 Å². The molecule has 0 spiro atoms. The van der Waals surface area contributed by atoms with Crippen LogP contribution in [-0.4, -0.2) is 48.6 Å². The van der Waals surface area contributed by atoms with Gasteiger partial charge in [0.1, 0.15) is 11.5 Å². The molecule has 6 nitrogen and oxygen atoms in total. The topological polar surface area (TPSA) is 76.1 Å². The van der Waals surface area contributed by atoms with Gasteiger partial charge in [-0.2, -0.15) is 0 Å². The van der Waals surface area contributed by atoms with Gasteiger partial charge in [-0.3, -0.25) is 9.59 Å². The Kier molecular flexibility index (Phi) is 8.32. The molecule has 0 saturated carbocycles. The van der Waals surface area contributed by atoms with Crippen LogP contribution >= 0.6 is 15.9 Å². The van der Waals surface area contributed by atoms with Crippen molar-refractivity contribution < 1.29 is 24.2 Å². The Bertz CT molecular complexity index is 1060. The first-order chi connectivity index (χ1) is 15.7. The fourth-order valence-electron chi connectivity index (χ4n) is 3.91. The molecule has 1 saturated heterocycles. The highest BCUT2D eigenvalue weighted by molar-refractivity contribution is 9.10. The maximum Gasteiger partial charge on any atom is 0.295 e. The van der Waals surface area contributed by atoms with Crippen LogP contribution < -0.4 is 4.74 Å². The molecule has 0 bridgehead atoms. The molecule has 0 aliphatic carbocycles. The quantitative estimate of drug-likeness (QED) is 0.213. The van der Waals surface area contributed by atoms with E-state index >= 15 is 0 Å². The molecular formula is C26H30BrNO5. The van der Waals surface area contributed by atoms with E-state index in [0.29, 0.717) is 43.4 Å². The molecule has 1 fully saturated rings. The molecule has 0 radical (unpaired) electrons. The Balaban J connectivity index is 2.07. The van der Waals surface area contributed by atoms with Gasteiger partial charge >= 0.3 is 0 Å². The highest BCUT2D eigenvalue weighted by Crippen LogP contribution is 2.40. The first-order valence-electron chi connectivity index (χ1n) is 11.0. The third kappa shape index (κ3) is 5.65. The molecule has 7 heteroatoms. The molecule has 33 heavy (non-hydrogen) atoms. The summed E-state index contributed by atoms with van der Waals surface area (Å²) in [4.78, 5) is 27.6. The van der Waals surface area contributed by atoms with Crippen LogP contribution in [0.1, 0.15) is 43.0 Å². The van der Waals surface area contributed by atoms with Crippen molar-refractivity contribution in [2.75, 3.05) is 26.9 Å². The van der Waals surface area contributed by atoms with Gasteiger partial charge in [-0.15, -0.1) is 0 Å². The van der Waals surface area contributed by atoms with Crippen molar-refractivity contribution in [2.45, 2.75) is 33.2 Å². The smallest absolute Gasteiger partial charge is 0.295 e. The van der Waals surface area contributed by atoms with Crippen LogP contribution in [0.4, 0.5) is 0 Å². The van der Waals surface area contributed by atoms with Crippen molar-refractivity contribution in [1.82, 2.24) is 4.90 Å². The first kappa shape index (κ1) is 25.0. The molecule has 2 aromatic carbocycles. The lowest BCUT2D eigenvalue weighted by molar-refractivity contribution is -0.140. The van der Waals surface area contributed by atoms with E-state index in [-0.39, 0.29) is 11.3 Å². The third-order valence-electron chi connectivity index (χ3n) is 5.49. The second-order valence-corrected chi connectivity index (χ2v) is 9.49. The number of nitrogens with zero attached hydrogens (tertiary/aromatic N) is 1. The van der Waals surface area contributed by atoms with E-state index in [2.05, 4.69) is 29.8 Å². The van der Waals surface area contributed by atoms with Gasteiger partial charge in [0.05, 0.1) is 18.2 Å². The number of ether oxygens (including phenoxy) is 2. The van der Waals surface area contributed by atoms with Crippen LogP contribution in [0.5, 0.6) is 5.75 Å². The molecule has 176 valence electrons. The summed E-state index contributed by atoms with van der Waals surface area (Å²) < 4.78 is 11.7. The lowest BCUT2D eigenvalue weighted by Gasteiger charge is -2.25. The number of halogens is 1. The van der Waals surface area contributed by atoms with Crippen LogP contribution in [0, 0.1) is 12.8 Å². The minimum absolute atomic E-state index is 0.0921. The third-order valence-corrected chi connectivity index (χ3v) is 5.98. The number of amides is 1. The number of likely N-dealkylation sites (tertiary alicyclic amines) is 1. The predicted octanol–water partition coefficient (Wildman–Crippen LogP) is 5.25. The fourth-order valence-corrected chi connectivity index (χ4v) is 4.33. The second kappa shape index (κ2) is 11.0. The van der Waals surface area contributed by atoms with Crippen LogP contribution in [0.25, 0.3) is 5.76 Å². The van der Waals surface area contributed by atoms with Gasteiger partial charge < -0.3 is 19.5 Å². The fraction of sp³-hybridized carbons (Fsp3) is 0.385. The monoisotopic (exact) mass is 515 g/mol. The highest BCUT2D eigenvalue weighted by Gasteiger charge is 2.45. The highest BCUT2D eigenvalue weighted by atomic mass is 79.9. The Morgan fingerprint density at radius 2 is 1.94 bits per heavy atom. The maximum absolute atomic E-state index is 13.1. The van der Waals surface area contributed by atoms with Crippen molar-refractivity contribution in [2.24, 2.45) is 5.92 Å². The van der Waals surface area contributed by atoms with Gasteiger partial charge in [-0.05, 0) is 60.7 Å². The molecule has 1 aliphatic rings. The number of aryl methyl sites for hydroxylation is 1. The van der Waals surface area contributed by atoms with Crippen molar-refractivity contribution in [3.8, 4) is 5.75 Å². The summed E-state index contributed by atoms with van der Waals surface area (Å²) in [5.41, 5.74) is 2.10. The van der Waals surface area contributed by atoms with Gasteiger partial charge in [0.2, 0.25) is 0 Å². The summed E-state index contributed by atoms with van der Waals surface area (Å²) in [6.45, 7) is 7.38. The SMILES string of the molecule is COCCCN1C(=O)C(=O)/C(=C(/O)c2ccc(OCC(C)C)cc2C)C1c1cccc(Br)c1. The van der Waals surface area contributed by atoms with E-state index in [1.54, 1.807) is 19.2 Å². The van der Waals surface area contributed by atoms with E-state index in [1.807, 2.05) is 37.3 Å². The molecule has 0 aromatic heterocycles. The molecule has 2 aromatic rings. The number of ketones is 1. The van der Waals surface area contributed by atoms with Gasteiger partial charge in [0.25, 0.3) is 11.7 Å². The number of carbonyl (C=O) groups is 2. The number of hydrogen-bond donors (Lipinski definition) is 1. The normalized spacial score (nSPS) is 17.8. The largest absolute Gasteiger partial charge is 0.507 e. The zero-order chi connectivity index (χ0) is 24.1. The number of Topliss-reactive ketones (excluding diaryl/α,β-unsaturated/α-hetero) is 1. The second-order valence-electron chi connectivity index (χ2n) is 8.58. The zero-order valence-electron chi connectivity index (χ0n) is 19.4.